The van der Waals surface area contributed by atoms with Gasteiger partial charge in [0.1, 0.15) is 6.10 Å². The first kappa shape index (κ1) is 16.8. The van der Waals surface area contributed by atoms with Gasteiger partial charge in [-0.3, -0.25) is 5.32 Å². The van der Waals surface area contributed by atoms with Crippen molar-refractivity contribution < 1.29 is 9.53 Å². The third-order valence-corrected chi connectivity index (χ3v) is 5.10. The van der Waals surface area contributed by atoms with Crippen LogP contribution in [0.1, 0.15) is 46.5 Å². The van der Waals surface area contributed by atoms with Crippen LogP contribution < -0.4 is 5.32 Å². The molecule has 2 aromatic rings. The van der Waals surface area contributed by atoms with Gasteiger partial charge in [0.15, 0.2) is 0 Å². The van der Waals surface area contributed by atoms with Crippen molar-refractivity contribution in [2.45, 2.75) is 52.6 Å². The van der Waals surface area contributed by atoms with Gasteiger partial charge in [0.2, 0.25) is 0 Å². The average molecular weight is 325 g/mol. The SMILES string of the molecule is CC(C)(C)[C@@H]1CCCC[C@H]1OC(=O)Nc1cccc2ccccc12. The van der Waals surface area contributed by atoms with Crippen molar-refractivity contribution in [1.29, 1.82) is 0 Å². The van der Waals surface area contributed by atoms with E-state index in [1.165, 1.54) is 6.42 Å². The fourth-order valence-electron chi connectivity index (χ4n) is 3.84. The van der Waals surface area contributed by atoms with Crippen molar-refractivity contribution in [3.05, 3.63) is 42.5 Å². The van der Waals surface area contributed by atoms with E-state index in [0.717, 1.165) is 35.7 Å². The Morgan fingerprint density at radius 1 is 1.04 bits per heavy atom. The maximum absolute atomic E-state index is 12.5. The highest BCUT2D eigenvalue weighted by Gasteiger charge is 2.36. The maximum Gasteiger partial charge on any atom is 0.411 e. The Morgan fingerprint density at radius 3 is 2.54 bits per heavy atom. The molecule has 3 rings (SSSR count). The summed E-state index contributed by atoms with van der Waals surface area (Å²) >= 11 is 0. The Bertz CT molecular complexity index is 712. The molecule has 0 saturated heterocycles. The molecule has 2 atom stereocenters. The van der Waals surface area contributed by atoms with Crippen molar-refractivity contribution in [3.8, 4) is 0 Å². The first-order chi connectivity index (χ1) is 11.4. The number of hydrogen-bond acceptors (Lipinski definition) is 2. The van der Waals surface area contributed by atoms with Crippen LogP contribution in [0.3, 0.4) is 0 Å². The van der Waals surface area contributed by atoms with E-state index in [2.05, 4.69) is 26.1 Å². The number of carbonyl (C=O) groups is 1. The number of fused-ring (bicyclic) bond motifs is 1. The van der Waals surface area contributed by atoms with Gasteiger partial charge < -0.3 is 4.74 Å². The molecule has 1 aliphatic carbocycles. The fourth-order valence-corrected chi connectivity index (χ4v) is 3.84. The Morgan fingerprint density at radius 2 is 1.75 bits per heavy atom. The Kier molecular flexibility index (Phi) is 4.79. The van der Waals surface area contributed by atoms with Crippen LogP contribution in [-0.4, -0.2) is 12.2 Å². The predicted octanol–water partition coefficient (Wildman–Crippen LogP) is 5.99. The van der Waals surface area contributed by atoms with Crippen molar-refractivity contribution >= 4 is 22.6 Å². The zero-order valence-corrected chi connectivity index (χ0v) is 14.8. The van der Waals surface area contributed by atoms with Crippen LogP contribution in [0.25, 0.3) is 10.8 Å². The lowest BCUT2D eigenvalue weighted by molar-refractivity contribution is -0.000258. The van der Waals surface area contributed by atoms with Gasteiger partial charge in [-0.2, -0.15) is 0 Å². The number of anilines is 1. The Balaban J connectivity index is 1.72. The lowest BCUT2D eigenvalue weighted by Crippen LogP contribution is -2.38. The molecular weight excluding hydrogens is 298 g/mol. The fraction of sp³-hybridized carbons (Fsp3) is 0.476. The summed E-state index contributed by atoms with van der Waals surface area (Å²) in [4.78, 5) is 12.5. The molecule has 2 aromatic carbocycles. The van der Waals surface area contributed by atoms with E-state index in [9.17, 15) is 4.79 Å². The molecule has 0 heterocycles. The van der Waals surface area contributed by atoms with E-state index >= 15 is 0 Å². The first-order valence-corrected chi connectivity index (χ1v) is 8.90. The van der Waals surface area contributed by atoms with Crippen molar-refractivity contribution in [1.82, 2.24) is 0 Å². The average Bonchev–Trinajstić information content (AvgIpc) is 2.54. The second-order valence-corrected chi connectivity index (χ2v) is 7.85. The minimum Gasteiger partial charge on any atom is -0.446 e. The van der Waals surface area contributed by atoms with Crippen LogP contribution >= 0.6 is 0 Å². The van der Waals surface area contributed by atoms with Gasteiger partial charge in [0.25, 0.3) is 0 Å². The number of carbonyl (C=O) groups excluding carboxylic acids is 1. The highest BCUT2D eigenvalue weighted by Crippen LogP contribution is 2.39. The van der Waals surface area contributed by atoms with Crippen LogP contribution in [0.2, 0.25) is 0 Å². The molecule has 1 fully saturated rings. The van der Waals surface area contributed by atoms with E-state index in [1.807, 2.05) is 42.5 Å². The number of ether oxygens (including phenoxy) is 1. The van der Waals surface area contributed by atoms with Crippen molar-refractivity contribution in [2.24, 2.45) is 11.3 Å². The molecular formula is C21H27NO2. The highest BCUT2D eigenvalue weighted by molar-refractivity contribution is 6.00. The second-order valence-electron chi connectivity index (χ2n) is 7.85. The molecule has 3 nitrogen and oxygen atoms in total. The molecule has 1 N–H and O–H groups in total. The van der Waals surface area contributed by atoms with Crippen molar-refractivity contribution in [2.75, 3.05) is 5.32 Å². The number of rotatable bonds is 2. The highest BCUT2D eigenvalue weighted by atomic mass is 16.6. The maximum atomic E-state index is 12.5. The van der Waals surface area contributed by atoms with Gasteiger partial charge in [-0.25, -0.2) is 4.79 Å². The normalized spacial score (nSPS) is 21.5. The van der Waals surface area contributed by atoms with Crippen LogP contribution in [0, 0.1) is 11.3 Å². The molecule has 0 aromatic heterocycles. The van der Waals surface area contributed by atoms with Crippen LogP contribution in [0.15, 0.2) is 42.5 Å². The van der Waals surface area contributed by atoms with E-state index in [1.54, 1.807) is 0 Å². The second kappa shape index (κ2) is 6.84. The predicted molar refractivity (Wildman–Crippen MR) is 99.3 cm³/mol. The molecule has 0 bridgehead atoms. The minimum atomic E-state index is -0.340. The zero-order valence-electron chi connectivity index (χ0n) is 14.8. The number of nitrogens with one attached hydrogen (secondary N) is 1. The van der Waals surface area contributed by atoms with Gasteiger partial charge in [0.05, 0.1) is 5.69 Å². The monoisotopic (exact) mass is 325 g/mol. The molecule has 0 spiro atoms. The summed E-state index contributed by atoms with van der Waals surface area (Å²) in [5.41, 5.74) is 0.964. The summed E-state index contributed by atoms with van der Waals surface area (Å²) < 4.78 is 5.83. The van der Waals surface area contributed by atoms with Gasteiger partial charge in [-0.05, 0) is 36.1 Å². The third-order valence-electron chi connectivity index (χ3n) is 5.10. The van der Waals surface area contributed by atoms with E-state index in [0.29, 0.717) is 5.92 Å². The summed E-state index contributed by atoms with van der Waals surface area (Å²) in [6.45, 7) is 6.71. The largest absolute Gasteiger partial charge is 0.446 e. The number of hydrogen-bond donors (Lipinski definition) is 1. The van der Waals surface area contributed by atoms with E-state index in [4.69, 9.17) is 4.74 Å². The molecule has 3 heteroatoms. The molecule has 1 amide bonds. The lowest BCUT2D eigenvalue weighted by Gasteiger charge is -2.39. The molecule has 1 aliphatic rings. The summed E-state index contributed by atoms with van der Waals surface area (Å²) in [5, 5.41) is 5.09. The quantitative estimate of drug-likeness (QED) is 0.736. The standard InChI is InChI=1S/C21H27NO2/c1-21(2,3)17-12-6-7-14-19(17)24-20(23)22-18-13-8-10-15-9-4-5-11-16(15)18/h4-5,8-11,13,17,19H,6-7,12,14H2,1-3H3,(H,22,23)/t17-,19-/m1/s1. The third kappa shape index (κ3) is 3.72. The lowest BCUT2D eigenvalue weighted by atomic mass is 9.71. The van der Waals surface area contributed by atoms with Gasteiger partial charge in [-0.15, -0.1) is 0 Å². The molecule has 0 unspecified atom stereocenters. The van der Waals surface area contributed by atoms with E-state index < -0.39 is 0 Å². The van der Waals surface area contributed by atoms with E-state index in [-0.39, 0.29) is 17.6 Å². The van der Waals surface area contributed by atoms with Gasteiger partial charge >= 0.3 is 6.09 Å². The van der Waals surface area contributed by atoms with Crippen LogP contribution in [0.4, 0.5) is 10.5 Å². The zero-order chi connectivity index (χ0) is 17.2. The van der Waals surface area contributed by atoms with Gasteiger partial charge in [0, 0.05) is 11.3 Å². The van der Waals surface area contributed by atoms with Gasteiger partial charge in [-0.1, -0.05) is 63.6 Å². The summed E-state index contributed by atoms with van der Waals surface area (Å²) in [5.74, 6) is 0.421. The Hall–Kier alpha value is -2.03. The summed E-state index contributed by atoms with van der Waals surface area (Å²) in [6, 6.07) is 14.0. The Labute approximate surface area is 144 Å². The van der Waals surface area contributed by atoms with Crippen molar-refractivity contribution in [3.63, 3.8) is 0 Å². The van der Waals surface area contributed by atoms with Crippen LogP contribution in [0.5, 0.6) is 0 Å². The number of benzene rings is 2. The summed E-state index contributed by atoms with van der Waals surface area (Å²) in [7, 11) is 0. The van der Waals surface area contributed by atoms with Crippen LogP contribution in [-0.2, 0) is 4.74 Å². The topological polar surface area (TPSA) is 38.3 Å². The molecule has 0 radical (unpaired) electrons. The summed E-state index contributed by atoms with van der Waals surface area (Å²) in [6.07, 6.45) is 4.13. The molecule has 24 heavy (non-hydrogen) atoms. The molecule has 0 aliphatic heterocycles. The smallest absolute Gasteiger partial charge is 0.411 e. The molecule has 128 valence electrons. The first-order valence-electron chi connectivity index (χ1n) is 8.90. The minimum absolute atomic E-state index is 0.00808. The molecule has 1 saturated carbocycles. The number of amides is 1.